The van der Waals surface area contributed by atoms with Gasteiger partial charge in [-0.05, 0) is 0 Å². The van der Waals surface area contributed by atoms with Gasteiger partial charge in [0.1, 0.15) is 0 Å². The minimum absolute atomic E-state index is 0.154. The van der Waals surface area contributed by atoms with Crippen molar-refractivity contribution in [2.45, 2.75) is 6.10 Å². The van der Waals surface area contributed by atoms with Crippen molar-refractivity contribution in [2.24, 2.45) is 0 Å². The molecule has 1 aromatic heterocycles. The maximum Gasteiger partial charge on any atom is 0.278 e. The van der Waals surface area contributed by atoms with E-state index in [1.165, 1.54) is 6.20 Å². The molecule has 1 heterocycles. The quantitative estimate of drug-likeness (QED) is 0.567. The van der Waals surface area contributed by atoms with Gasteiger partial charge in [-0.25, -0.2) is 0 Å². The minimum Gasteiger partial charge on any atom is -0.381 e. The second-order valence-corrected chi connectivity index (χ2v) is 2.72. The fourth-order valence-electron chi connectivity index (χ4n) is 1.06. The zero-order chi connectivity index (χ0) is 11.4. The molecule has 15 heavy (non-hydrogen) atoms. The van der Waals surface area contributed by atoms with Crippen LogP contribution >= 0.6 is 0 Å². The number of hydrogen-bond acceptors (Lipinski definition) is 6. The molecule has 0 bridgehead atoms. The molecular formula is C7H7N3O5. The monoisotopic (exact) mass is 213 g/mol. The van der Waals surface area contributed by atoms with Crippen molar-refractivity contribution in [1.82, 2.24) is 4.98 Å². The van der Waals surface area contributed by atoms with Crippen molar-refractivity contribution in [3.8, 4) is 0 Å². The molecule has 0 aromatic carbocycles. The Bertz CT molecular complexity index is 394. The van der Waals surface area contributed by atoms with Gasteiger partial charge >= 0.3 is 0 Å². The van der Waals surface area contributed by atoms with Crippen LogP contribution in [0, 0.1) is 20.2 Å². The number of nitrogens with zero attached hydrogens (tertiary/aromatic N) is 3. The maximum atomic E-state index is 10.5. The molecule has 0 aliphatic rings. The van der Waals surface area contributed by atoms with Crippen LogP contribution < -0.4 is 0 Å². The van der Waals surface area contributed by atoms with E-state index in [2.05, 4.69) is 4.98 Å². The number of rotatable bonds is 4. The van der Waals surface area contributed by atoms with Crippen molar-refractivity contribution in [1.29, 1.82) is 0 Å². The van der Waals surface area contributed by atoms with Crippen molar-refractivity contribution >= 4 is 5.69 Å². The second-order valence-electron chi connectivity index (χ2n) is 2.72. The van der Waals surface area contributed by atoms with Crippen LogP contribution in [0.3, 0.4) is 0 Å². The number of aliphatic hydroxyl groups is 1. The highest BCUT2D eigenvalue weighted by atomic mass is 16.6. The summed E-state index contributed by atoms with van der Waals surface area (Å²) < 4.78 is 0. The lowest BCUT2D eigenvalue weighted by molar-refractivity contribution is -0.492. The summed E-state index contributed by atoms with van der Waals surface area (Å²) in [6, 6.07) is 1.08. The summed E-state index contributed by atoms with van der Waals surface area (Å²) in [6.45, 7) is -0.785. The van der Waals surface area contributed by atoms with Crippen molar-refractivity contribution < 1.29 is 15.0 Å². The van der Waals surface area contributed by atoms with Gasteiger partial charge in [0.2, 0.25) is 6.54 Å². The third-order valence-corrected chi connectivity index (χ3v) is 1.71. The predicted molar refractivity (Wildman–Crippen MR) is 47.7 cm³/mol. The molecule has 0 radical (unpaired) electrons. The van der Waals surface area contributed by atoms with Crippen LogP contribution in [0.1, 0.15) is 11.7 Å². The Morgan fingerprint density at radius 2 is 2.13 bits per heavy atom. The largest absolute Gasteiger partial charge is 0.381 e. The molecule has 0 saturated heterocycles. The van der Waals surface area contributed by atoms with Crippen LogP contribution in [0.4, 0.5) is 5.69 Å². The molecule has 8 heteroatoms. The third-order valence-electron chi connectivity index (χ3n) is 1.71. The molecule has 8 nitrogen and oxygen atoms in total. The van der Waals surface area contributed by atoms with E-state index in [9.17, 15) is 25.3 Å². The first-order chi connectivity index (χ1) is 7.02. The summed E-state index contributed by atoms with van der Waals surface area (Å²) in [6.07, 6.45) is 0.710. The fraction of sp³-hybridized carbons (Fsp3) is 0.286. The first-order valence-electron chi connectivity index (χ1n) is 3.90. The topological polar surface area (TPSA) is 119 Å². The van der Waals surface area contributed by atoms with E-state index < -0.39 is 22.5 Å². The molecule has 80 valence electrons. The average molecular weight is 213 g/mol. The maximum absolute atomic E-state index is 10.5. The number of pyridine rings is 1. The Morgan fingerprint density at radius 1 is 1.47 bits per heavy atom. The number of nitro groups is 2. The summed E-state index contributed by atoms with van der Waals surface area (Å²) in [5.41, 5.74) is -0.529. The summed E-state index contributed by atoms with van der Waals surface area (Å²) in [4.78, 5) is 22.7. The van der Waals surface area contributed by atoms with Crippen molar-refractivity contribution in [3.05, 3.63) is 44.3 Å². The van der Waals surface area contributed by atoms with Crippen LogP contribution in [0.15, 0.2) is 18.5 Å². The van der Waals surface area contributed by atoms with Gasteiger partial charge in [0.05, 0.1) is 10.5 Å². The first-order valence-corrected chi connectivity index (χ1v) is 3.90. The van der Waals surface area contributed by atoms with Gasteiger partial charge in [0.25, 0.3) is 5.69 Å². The lowest BCUT2D eigenvalue weighted by atomic mass is 10.1. The standard InChI is InChI=1S/C7H7N3O5/c11-7(4-9(12)13)5-3-8-2-1-6(5)10(14)15/h1-3,7,11H,4H2. The highest BCUT2D eigenvalue weighted by molar-refractivity contribution is 5.38. The molecule has 0 amide bonds. The summed E-state index contributed by atoms with van der Waals surface area (Å²) >= 11 is 0. The van der Waals surface area contributed by atoms with E-state index in [-0.39, 0.29) is 11.3 Å². The zero-order valence-electron chi connectivity index (χ0n) is 7.44. The lowest BCUT2D eigenvalue weighted by Gasteiger charge is -2.05. The van der Waals surface area contributed by atoms with E-state index in [0.717, 1.165) is 12.3 Å². The molecule has 0 saturated carbocycles. The Labute approximate surface area is 83.5 Å². The Hall–Kier alpha value is -2.09. The predicted octanol–water partition coefficient (Wildman–Crippen LogP) is 0.300. The SMILES string of the molecule is O=[N+]([O-])CC(O)c1cnccc1[N+](=O)[O-]. The van der Waals surface area contributed by atoms with Gasteiger partial charge in [-0.3, -0.25) is 25.2 Å². The molecule has 1 aromatic rings. The Morgan fingerprint density at radius 3 is 2.67 bits per heavy atom. The van der Waals surface area contributed by atoms with Gasteiger partial charge < -0.3 is 5.11 Å². The summed E-state index contributed by atoms with van der Waals surface area (Å²) in [7, 11) is 0. The van der Waals surface area contributed by atoms with Gasteiger partial charge in [0.15, 0.2) is 6.10 Å². The average Bonchev–Trinajstić information content (AvgIpc) is 2.16. The lowest BCUT2D eigenvalue weighted by Crippen LogP contribution is -2.13. The van der Waals surface area contributed by atoms with Gasteiger partial charge in [0, 0.05) is 23.4 Å². The third kappa shape index (κ3) is 2.68. The van der Waals surface area contributed by atoms with E-state index in [1.807, 2.05) is 0 Å². The van der Waals surface area contributed by atoms with Crippen molar-refractivity contribution in [3.63, 3.8) is 0 Å². The van der Waals surface area contributed by atoms with Gasteiger partial charge in [-0.1, -0.05) is 0 Å². The molecule has 0 fully saturated rings. The van der Waals surface area contributed by atoms with Gasteiger partial charge in [-0.2, -0.15) is 0 Å². The minimum atomic E-state index is -1.52. The summed E-state index contributed by atoms with van der Waals surface area (Å²) in [5, 5.41) is 30.0. The molecule has 0 aliphatic heterocycles. The van der Waals surface area contributed by atoms with E-state index >= 15 is 0 Å². The molecule has 1 unspecified atom stereocenters. The molecule has 0 spiro atoms. The second kappa shape index (κ2) is 4.42. The highest BCUT2D eigenvalue weighted by Crippen LogP contribution is 2.23. The highest BCUT2D eigenvalue weighted by Gasteiger charge is 2.23. The van der Waals surface area contributed by atoms with Crippen LogP contribution in [-0.2, 0) is 0 Å². The zero-order valence-corrected chi connectivity index (χ0v) is 7.44. The number of aromatic nitrogens is 1. The Balaban J connectivity index is 3.02. The number of aliphatic hydroxyl groups excluding tert-OH is 1. The molecule has 0 aliphatic carbocycles. The normalized spacial score (nSPS) is 12.1. The molecule has 1 atom stereocenters. The van der Waals surface area contributed by atoms with Crippen LogP contribution in [-0.4, -0.2) is 26.5 Å². The van der Waals surface area contributed by atoms with E-state index in [1.54, 1.807) is 0 Å². The van der Waals surface area contributed by atoms with E-state index in [4.69, 9.17) is 0 Å². The Kier molecular flexibility index (Phi) is 3.24. The molecule has 1 N–H and O–H groups in total. The fourth-order valence-corrected chi connectivity index (χ4v) is 1.06. The first kappa shape index (κ1) is 11.0. The van der Waals surface area contributed by atoms with Crippen molar-refractivity contribution in [2.75, 3.05) is 6.54 Å². The summed E-state index contributed by atoms with van der Waals surface area (Å²) in [5.74, 6) is 0. The van der Waals surface area contributed by atoms with E-state index in [0.29, 0.717) is 0 Å². The van der Waals surface area contributed by atoms with Crippen LogP contribution in [0.5, 0.6) is 0 Å². The van der Waals surface area contributed by atoms with Crippen LogP contribution in [0.2, 0.25) is 0 Å². The van der Waals surface area contributed by atoms with Crippen LogP contribution in [0.25, 0.3) is 0 Å². The molecule has 1 rings (SSSR count). The number of hydrogen-bond donors (Lipinski definition) is 1. The molecular weight excluding hydrogens is 206 g/mol. The van der Waals surface area contributed by atoms with Gasteiger partial charge in [-0.15, -0.1) is 0 Å². The smallest absolute Gasteiger partial charge is 0.278 e.